The zero-order valence-corrected chi connectivity index (χ0v) is 17.3. The second-order valence-electron chi connectivity index (χ2n) is 7.78. The quantitative estimate of drug-likeness (QED) is 0.385. The van der Waals surface area contributed by atoms with E-state index >= 15 is 0 Å². The number of ketones is 2. The van der Waals surface area contributed by atoms with Gasteiger partial charge in [-0.3, -0.25) is 9.59 Å². The first kappa shape index (κ1) is 19.6. The molecule has 0 amide bonds. The van der Waals surface area contributed by atoms with E-state index in [1.807, 2.05) is 24.3 Å². The molecule has 0 aliphatic heterocycles. The van der Waals surface area contributed by atoms with E-state index in [0.29, 0.717) is 21.9 Å². The SMILES string of the molecule is Cn1cc(C2=C(O)C(=O)C(=O)C(c3cn(C)c4ccccc34)=C2C(=O)O)c2ccccc21. The maximum atomic E-state index is 13.1. The Balaban J connectivity index is 1.92. The highest BCUT2D eigenvalue weighted by atomic mass is 16.4. The number of aliphatic carboxylic acids is 1. The third kappa shape index (κ3) is 2.58. The van der Waals surface area contributed by atoms with Gasteiger partial charge < -0.3 is 19.3 Å². The number of hydrogen-bond donors (Lipinski definition) is 2. The molecule has 0 unspecified atom stereocenters. The third-order valence-corrected chi connectivity index (χ3v) is 5.93. The van der Waals surface area contributed by atoms with Gasteiger partial charge in [-0.15, -0.1) is 0 Å². The van der Waals surface area contributed by atoms with Crippen molar-refractivity contribution in [2.24, 2.45) is 14.1 Å². The first-order valence-electron chi connectivity index (χ1n) is 9.90. The zero-order valence-electron chi connectivity index (χ0n) is 17.3. The summed E-state index contributed by atoms with van der Waals surface area (Å²) in [5.74, 6) is -4.42. The normalized spacial score (nSPS) is 14.8. The van der Waals surface area contributed by atoms with Crippen molar-refractivity contribution in [3.05, 3.63) is 83.4 Å². The van der Waals surface area contributed by atoms with Gasteiger partial charge in [-0.1, -0.05) is 36.4 Å². The fraction of sp³-hybridized carbons (Fsp3) is 0.0800. The summed E-state index contributed by atoms with van der Waals surface area (Å²) in [6.45, 7) is 0. The van der Waals surface area contributed by atoms with Crippen molar-refractivity contribution in [2.75, 3.05) is 0 Å². The summed E-state index contributed by atoms with van der Waals surface area (Å²) in [5, 5.41) is 22.2. The van der Waals surface area contributed by atoms with Gasteiger partial charge in [0.1, 0.15) is 0 Å². The minimum Gasteiger partial charge on any atom is -0.504 e. The number of rotatable bonds is 3. The average Bonchev–Trinajstić information content (AvgIpc) is 3.29. The molecule has 7 heteroatoms. The molecule has 2 aromatic heterocycles. The van der Waals surface area contributed by atoms with E-state index in [1.165, 1.54) is 0 Å². The molecule has 5 rings (SSSR count). The van der Waals surface area contributed by atoms with Crippen LogP contribution in [0.2, 0.25) is 0 Å². The van der Waals surface area contributed by atoms with Crippen LogP contribution >= 0.6 is 0 Å². The number of carboxylic acid groups (broad SMARTS) is 1. The molecule has 0 fully saturated rings. The standard InChI is InChI=1S/C25H18N2O5/c1-26-11-15(13-7-3-5-9-17(13)26)19-21(25(31)32)20(23(29)24(30)22(19)28)16-12-27(2)18-10-6-4-8-14(16)18/h3-12,28H,1-2H3,(H,31,32). The summed E-state index contributed by atoms with van der Waals surface area (Å²) >= 11 is 0. The first-order valence-corrected chi connectivity index (χ1v) is 9.90. The first-order chi connectivity index (χ1) is 15.3. The number of carbonyl (C=O) groups excluding carboxylic acids is 2. The number of aliphatic hydroxyl groups excluding tert-OH is 1. The van der Waals surface area contributed by atoms with Crippen LogP contribution in [0.4, 0.5) is 0 Å². The Hall–Kier alpha value is -4.39. The topological polar surface area (TPSA) is 102 Å². The summed E-state index contributed by atoms with van der Waals surface area (Å²) in [4.78, 5) is 38.4. The van der Waals surface area contributed by atoms with E-state index in [1.54, 1.807) is 59.9 Å². The second kappa shape index (κ2) is 6.81. The highest BCUT2D eigenvalue weighted by Gasteiger charge is 2.40. The highest BCUT2D eigenvalue weighted by Crippen LogP contribution is 2.42. The number of Topliss-reactive ketones (excluding diaryl/α,β-unsaturated/α-hetero) is 2. The molecule has 0 bridgehead atoms. The molecule has 2 heterocycles. The Labute approximate surface area is 182 Å². The van der Waals surface area contributed by atoms with E-state index < -0.39 is 23.3 Å². The lowest BCUT2D eigenvalue weighted by atomic mass is 9.81. The molecule has 0 saturated carbocycles. The van der Waals surface area contributed by atoms with Gasteiger partial charge in [0.15, 0.2) is 5.76 Å². The van der Waals surface area contributed by atoms with Crippen LogP contribution in [0, 0.1) is 0 Å². The molecule has 0 saturated heterocycles. The number of para-hydroxylation sites is 2. The lowest BCUT2D eigenvalue weighted by molar-refractivity contribution is -0.134. The van der Waals surface area contributed by atoms with E-state index in [2.05, 4.69) is 0 Å². The predicted molar refractivity (Wildman–Crippen MR) is 120 cm³/mol. The van der Waals surface area contributed by atoms with Crippen molar-refractivity contribution in [1.29, 1.82) is 0 Å². The van der Waals surface area contributed by atoms with Gasteiger partial charge in [0.05, 0.1) is 11.1 Å². The Bertz CT molecular complexity index is 1560. The molecular weight excluding hydrogens is 408 g/mol. The molecule has 1 aliphatic carbocycles. The number of allylic oxidation sites excluding steroid dienone is 2. The van der Waals surface area contributed by atoms with Crippen molar-refractivity contribution in [2.45, 2.75) is 0 Å². The number of hydrogen-bond acceptors (Lipinski definition) is 4. The molecule has 0 spiro atoms. The van der Waals surface area contributed by atoms with Crippen LogP contribution < -0.4 is 0 Å². The van der Waals surface area contributed by atoms with Gasteiger partial charge in [-0.25, -0.2) is 4.79 Å². The van der Waals surface area contributed by atoms with Crippen LogP contribution in [-0.4, -0.2) is 36.9 Å². The number of nitrogens with zero attached hydrogens (tertiary/aromatic N) is 2. The lowest BCUT2D eigenvalue weighted by Crippen LogP contribution is -2.27. The number of carbonyl (C=O) groups is 3. The fourth-order valence-electron chi connectivity index (χ4n) is 4.51. The average molecular weight is 426 g/mol. The molecule has 7 nitrogen and oxygen atoms in total. The summed E-state index contributed by atoms with van der Waals surface area (Å²) in [7, 11) is 3.57. The number of aryl methyl sites for hydroxylation is 2. The summed E-state index contributed by atoms with van der Waals surface area (Å²) in [6, 6.07) is 14.5. The van der Waals surface area contributed by atoms with Crippen LogP contribution in [0.1, 0.15) is 11.1 Å². The number of aromatic nitrogens is 2. The van der Waals surface area contributed by atoms with Crippen LogP contribution in [0.25, 0.3) is 33.0 Å². The monoisotopic (exact) mass is 426 g/mol. The van der Waals surface area contributed by atoms with Crippen molar-refractivity contribution >= 4 is 50.5 Å². The van der Waals surface area contributed by atoms with Crippen LogP contribution in [0.3, 0.4) is 0 Å². The Morgan fingerprint density at radius 1 is 0.750 bits per heavy atom. The fourth-order valence-corrected chi connectivity index (χ4v) is 4.51. The number of fused-ring (bicyclic) bond motifs is 2. The van der Waals surface area contributed by atoms with E-state index in [-0.39, 0.29) is 16.7 Å². The Kier molecular flexibility index (Phi) is 4.17. The van der Waals surface area contributed by atoms with Crippen molar-refractivity contribution in [3.8, 4) is 0 Å². The Morgan fingerprint density at radius 3 is 1.72 bits per heavy atom. The second-order valence-corrected chi connectivity index (χ2v) is 7.78. The largest absolute Gasteiger partial charge is 0.504 e. The molecule has 2 aromatic carbocycles. The third-order valence-electron chi connectivity index (χ3n) is 5.93. The molecule has 158 valence electrons. The van der Waals surface area contributed by atoms with Gasteiger partial charge in [0.25, 0.3) is 5.78 Å². The molecule has 1 aliphatic rings. The molecule has 0 radical (unpaired) electrons. The van der Waals surface area contributed by atoms with E-state index in [0.717, 1.165) is 11.0 Å². The number of benzene rings is 2. The Morgan fingerprint density at radius 2 is 1.22 bits per heavy atom. The molecule has 2 N–H and O–H groups in total. The van der Waals surface area contributed by atoms with Crippen LogP contribution in [0.15, 0.2) is 72.3 Å². The maximum absolute atomic E-state index is 13.1. The molecule has 32 heavy (non-hydrogen) atoms. The van der Waals surface area contributed by atoms with Gasteiger partial charge >= 0.3 is 5.97 Å². The predicted octanol–water partition coefficient (Wildman–Crippen LogP) is 3.63. The minimum atomic E-state index is -1.40. The van der Waals surface area contributed by atoms with E-state index in [9.17, 15) is 24.6 Å². The summed E-state index contributed by atoms with van der Waals surface area (Å²) < 4.78 is 3.55. The van der Waals surface area contributed by atoms with E-state index in [4.69, 9.17) is 0 Å². The molecule has 0 atom stereocenters. The highest BCUT2D eigenvalue weighted by molar-refractivity contribution is 6.63. The van der Waals surface area contributed by atoms with Gasteiger partial charge in [-0.2, -0.15) is 0 Å². The van der Waals surface area contributed by atoms with Crippen molar-refractivity contribution in [1.82, 2.24) is 9.13 Å². The van der Waals surface area contributed by atoms with Crippen molar-refractivity contribution < 1.29 is 24.6 Å². The minimum absolute atomic E-state index is 0.151. The number of aliphatic hydroxyl groups is 1. The zero-order chi connectivity index (χ0) is 22.7. The van der Waals surface area contributed by atoms with Crippen molar-refractivity contribution in [3.63, 3.8) is 0 Å². The summed E-state index contributed by atoms with van der Waals surface area (Å²) in [5.41, 5.74) is 1.52. The van der Waals surface area contributed by atoms with Crippen LogP contribution in [0.5, 0.6) is 0 Å². The number of carboxylic acids is 1. The van der Waals surface area contributed by atoms with Gasteiger partial charge in [0.2, 0.25) is 5.78 Å². The molecular formula is C25H18N2O5. The van der Waals surface area contributed by atoms with Crippen LogP contribution in [-0.2, 0) is 28.5 Å². The smallest absolute Gasteiger partial charge is 0.337 e. The van der Waals surface area contributed by atoms with Gasteiger partial charge in [0, 0.05) is 65.0 Å². The lowest BCUT2D eigenvalue weighted by Gasteiger charge is -2.19. The maximum Gasteiger partial charge on any atom is 0.337 e. The molecule has 4 aromatic rings. The summed E-state index contributed by atoms with van der Waals surface area (Å²) in [6.07, 6.45) is 3.29. The van der Waals surface area contributed by atoms with Gasteiger partial charge in [-0.05, 0) is 12.1 Å².